The van der Waals surface area contributed by atoms with Crippen LogP contribution in [0.25, 0.3) is 0 Å². The van der Waals surface area contributed by atoms with Crippen molar-refractivity contribution in [2.75, 3.05) is 32.3 Å². The molecule has 0 saturated carbocycles. The summed E-state index contributed by atoms with van der Waals surface area (Å²) in [5.41, 5.74) is 2.78. The Morgan fingerprint density at radius 1 is 1.02 bits per heavy atom. The molecule has 1 atom stereocenters. The summed E-state index contributed by atoms with van der Waals surface area (Å²) in [5, 5.41) is 12.0. The zero-order valence-corrected chi connectivity index (χ0v) is 27.2. The number of carbonyl (C=O) groups excluding carboxylic acids is 2. The summed E-state index contributed by atoms with van der Waals surface area (Å²) in [6, 6.07) is 19.7. The Balaban J connectivity index is 1.52. The predicted octanol–water partition coefficient (Wildman–Crippen LogP) is 5.17. The second-order valence-electron chi connectivity index (χ2n) is 11.0. The van der Waals surface area contributed by atoms with Crippen LogP contribution >= 0.6 is 23.2 Å². The van der Waals surface area contributed by atoms with Crippen molar-refractivity contribution < 1.29 is 28.7 Å². The molecule has 0 N–H and O–H groups in total. The number of anilines is 1. The van der Waals surface area contributed by atoms with Crippen molar-refractivity contribution in [3.05, 3.63) is 117 Å². The second kappa shape index (κ2) is 13.5. The van der Waals surface area contributed by atoms with Gasteiger partial charge in [0.2, 0.25) is 5.91 Å². The number of benzene rings is 3. The fourth-order valence-corrected chi connectivity index (χ4v) is 6.37. The summed E-state index contributed by atoms with van der Waals surface area (Å²) in [7, 11) is 3.16. The van der Waals surface area contributed by atoms with E-state index in [4.69, 9.17) is 32.7 Å². The maximum Gasteiger partial charge on any atom is 0.254 e. The van der Waals surface area contributed by atoms with Gasteiger partial charge < -0.3 is 24.4 Å². The van der Waals surface area contributed by atoms with Gasteiger partial charge in [-0.1, -0.05) is 29.8 Å². The van der Waals surface area contributed by atoms with Gasteiger partial charge in [-0.25, -0.2) is 4.57 Å². The van der Waals surface area contributed by atoms with Crippen LogP contribution < -0.4 is 24.0 Å². The van der Waals surface area contributed by atoms with Crippen LogP contribution in [0.5, 0.6) is 11.5 Å². The first kappa shape index (κ1) is 32.3. The van der Waals surface area contributed by atoms with Crippen molar-refractivity contribution in [2.24, 2.45) is 0 Å². The average Bonchev–Trinajstić information content (AvgIpc) is 3.25. The van der Waals surface area contributed by atoms with E-state index in [0.717, 1.165) is 11.1 Å². The van der Waals surface area contributed by atoms with Gasteiger partial charge in [-0.15, -0.1) is 0 Å². The molecule has 1 aliphatic heterocycles. The van der Waals surface area contributed by atoms with Gasteiger partial charge in [-0.3, -0.25) is 9.59 Å². The number of hydrogen-bond donors (Lipinski definition) is 0. The van der Waals surface area contributed by atoms with Crippen LogP contribution in [0, 0.1) is 0 Å². The van der Waals surface area contributed by atoms with E-state index in [2.05, 4.69) is 0 Å². The SMILES string of the molecule is CCN(Cc1ccc[n+](CC[O-])c1)C(=O)c1ccc(Cl)c(C2(C)C(=O)N(Cc3ccc(OC)cc3OC)c3ccc(Cl)cc32)c1. The quantitative estimate of drug-likeness (QED) is 0.210. The van der Waals surface area contributed by atoms with E-state index < -0.39 is 5.41 Å². The fourth-order valence-electron chi connectivity index (χ4n) is 5.89. The van der Waals surface area contributed by atoms with Gasteiger partial charge in [-0.2, -0.15) is 0 Å². The van der Waals surface area contributed by atoms with E-state index in [1.54, 1.807) is 60.4 Å². The first-order chi connectivity index (χ1) is 21.6. The van der Waals surface area contributed by atoms with E-state index >= 15 is 0 Å². The van der Waals surface area contributed by atoms with Crippen LogP contribution in [-0.2, 0) is 29.8 Å². The van der Waals surface area contributed by atoms with E-state index in [1.165, 1.54) is 0 Å². The minimum Gasteiger partial charge on any atom is -0.850 e. The van der Waals surface area contributed by atoms with Crippen LogP contribution in [0.15, 0.2) is 79.1 Å². The normalized spacial score (nSPS) is 15.6. The maximum absolute atomic E-state index is 14.5. The lowest BCUT2D eigenvalue weighted by Gasteiger charge is -2.28. The molecule has 0 radical (unpaired) electrons. The lowest BCUT2D eigenvalue weighted by atomic mass is 9.76. The number of carbonyl (C=O) groups is 2. The molecule has 0 bridgehead atoms. The van der Waals surface area contributed by atoms with Crippen LogP contribution in [0.3, 0.4) is 0 Å². The number of nitrogens with zero attached hydrogens (tertiary/aromatic N) is 3. The Morgan fingerprint density at radius 2 is 1.82 bits per heavy atom. The summed E-state index contributed by atoms with van der Waals surface area (Å²) < 4.78 is 12.8. The summed E-state index contributed by atoms with van der Waals surface area (Å²) in [6.07, 6.45) is 3.72. The van der Waals surface area contributed by atoms with E-state index in [-0.39, 0.29) is 25.0 Å². The molecule has 5 rings (SSSR count). The van der Waals surface area contributed by atoms with Crippen LogP contribution in [0.1, 0.15) is 46.5 Å². The van der Waals surface area contributed by atoms with Crippen molar-refractivity contribution in [1.29, 1.82) is 0 Å². The fraction of sp³-hybridized carbons (Fsp3) is 0.286. The van der Waals surface area contributed by atoms with Crippen LogP contribution in [-0.4, -0.2) is 44.1 Å². The van der Waals surface area contributed by atoms with Gasteiger partial charge in [-0.05, 0) is 79.6 Å². The summed E-state index contributed by atoms with van der Waals surface area (Å²) in [4.78, 5) is 31.8. The number of halogens is 2. The summed E-state index contributed by atoms with van der Waals surface area (Å²) >= 11 is 13.3. The molecule has 4 aromatic rings. The highest BCUT2D eigenvalue weighted by atomic mass is 35.5. The van der Waals surface area contributed by atoms with E-state index in [1.807, 2.05) is 61.1 Å². The molecule has 0 spiro atoms. The van der Waals surface area contributed by atoms with Crippen molar-refractivity contribution >= 4 is 40.7 Å². The average molecular weight is 649 g/mol. The maximum atomic E-state index is 14.5. The summed E-state index contributed by atoms with van der Waals surface area (Å²) in [5.74, 6) is 0.829. The van der Waals surface area contributed by atoms with Gasteiger partial charge >= 0.3 is 0 Å². The predicted molar refractivity (Wildman–Crippen MR) is 172 cm³/mol. The number of amides is 2. The lowest BCUT2D eigenvalue weighted by Crippen LogP contribution is -2.39. The number of rotatable bonds is 11. The summed E-state index contributed by atoms with van der Waals surface area (Å²) in [6.45, 7) is 4.91. The van der Waals surface area contributed by atoms with Gasteiger partial charge in [0.1, 0.15) is 23.5 Å². The smallest absolute Gasteiger partial charge is 0.254 e. The molecule has 0 fully saturated rings. The Kier molecular flexibility index (Phi) is 9.68. The molecule has 3 aromatic carbocycles. The third kappa shape index (κ3) is 6.23. The Hall–Kier alpha value is -4.11. The molecule has 45 heavy (non-hydrogen) atoms. The zero-order valence-electron chi connectivity index (χ0n) is 25.7. The Bertz CT molecular complexity index is 1750. The molecule has 2 amide bonds. The number of fused-ring (bicyclic) bond motifs is 1. The first-order valence-electron chi connectivity index (χ1n) is 14.6. The number of methoxy groups -OCH3 is 2. The minimum atomic E-state index is -1.23. The number of hydrogen-bond acceptors (Lipinski definition) is 5. The van der Waals surface area contributed by atoms with E-state index in [9.17, 15) is 14.7 Å². The highest BCUT2D eigenvalue weighted by Gasteiger charge is 2.50. The van der Waals surface area contributed by atoms with Crippen molar-refractivity contribution in [3.8, 4) is 11.5 Å². The van der Waals surface area contributed by atoms with Crippen LogP contribution in [0.2, 0.25) is 10.0 Å². The van der Waals surface area contributed by atoms with Gasteiger partial charge in [0.15, 0.2) is 12.4 Å². The number of pyridine rings is 1. The molecule has 1 unspecified atom stereocenters. The molecule has 0 saturated heterocycles. The van der Waals surface area contributed by atoms with Gasteiger partial charge in [0.05, 0.1) is 27.3 Å². The molecule has 1 aliphatic rings. The monoisotopic (exact) mass is 647 g/mol. The number of ether oxygens (including phenoxy) is 2. The Labute approximate surface area is 273 Å². The number of aromatic nitrogens is 1. The molecular formula is C35H35Cl2N3O5. The van der Waals surface area contributed by atoms with Crippen molar-refractivity contribution in [3.63, 3.8) is 0 Å². The van der Waals surface area contributed by atoms with Crippen molar-refractivity contribution in [2.45, 2.75) is 38.9 Å². The first-order valence-corrected chi connectivity index (χ1v) is 15.4. The third-order valence-corrected chi connectivity index (χ3v) is 8.91. The second-order valence-corrected chi connectivity index (χ2v) is 11.9. The van der Waals surface area contributed by atoms with Gasteiger partial charge in [0, 0.05) is 51.1 Å². The highest BCUT2D eigenvalue weighted by molar-refractivity contribution is 6.33. The molecule has 2 heterocycles. The van der Waals surface area contributed by atoms with Crippen LogP contribution in [0.4, 0.5) is 5.69 Å². The minimum absolute atomic E-state index is 0.199. The molecule has 0 aliphatic carbocycles. The highest BCUT2D eigenvalue weighted by Crippen LogP contribution is 2.49. The lowest BCUT2D eigenvalue weighted by molar-refractivity contribution is -0.712. The van der Waals surface area contributed by atoms with Gasteiger partial charge in [0.25, 0.3) is 5.91 Å². The van der Waals surface area contributed by atoms with E-state index in [0.29, 0.717) is 63.6 Å². The largest absolute Gasteiger partial charge is 0.850 e. The standard InChI is InChI=1S/C35H35Cl2N3O5/c1-5-39(21-23-7-6-14-38(20-23)15-16-41)33(42)24-9-12-30(37)28(17-24)35(2)29-18-26(36)10-13-31(29)40(34(35)43)22-25-8-11-27(44-3)19-32(25)45-4/h6-14,17-20H,5,15-16,21-22H2,1-4H3. The van der Waals surface area contributed by atoms with Crippen molar-refractivity contribution in [1.82, 2.24) is 4.90 Å². The molecule has 234 valence electrons. The molecule has 10 heteroatoms. The molecule has 8 nitrogen and oxygen atoms in total. The third-order valence-electron chi connectivity index (χ3n) is 8.35. The molecule has 1 aromatic heterocycles. The molecular weight excluding hydrogens is 613 g/mol. The Morgan fingerprint density at radius 3 is 2.53 bits per heavy atom. The zero-order chi connectivity index (χ0) is 32.3. The topological polar surface area (TPSA) is 86.0 Å².